The van der Waals surface area contributed by atoms with Crippen LogP contribution in [-0.2, 0) is 16.6 Å². The van der Waals surface area contributed by atoms with Crippen LogP contribution in [0.5, 0.6) is 0 Å². The molecule has 0 fully saturated rings. The Morgan fingerprint density at radius 1 is 1.48 bits per heavy atom. The van der Waals surface area contributed by atoms with Crippen molar-refractivity contribution in [3.63, 3.8) is 0 Å². The average molecular weight is 319 g/mol. The molecule has 0 radical (unpaired) electrons. The highest BCUT2D eigenvalue weighted by molar-refractivity contribution is 7.88. The lowest BCUT2D eigenvalue weighted by Gasteiger charge is -2.17. The van der Waals surface area contributed by atoms with Crippen molar-refractivity contribution in [2.75, 3.05) is 32.4 Å². The molecule has 1 aromatic heterocycles. The van der Waals surface area contributed by atoms with Crippen molar-refractivity contribution in [2.45, 2.75) is 19.9 Å². The van der Waals surface area contributed by atoms with Crippen LogP contribution in [0.1, 0.15) is 23.8 Å². The molecular formula is C11H21N5O4S. The lowest BCUT2D eigenvalue weighted by molar-refractivity contribution is 0.0690. The van der Waals surface area contributed by atoms with E-state index in [4.69, 9.17) is 5.11 Å². The fourth-order valence-electron chi connectivity index (χ4n) is 1.76. The van der Waals surface area contributed by atoms with Gasteiger partial charge in [0.05, 0.1) is 19.0 Å². The lowest BCUT2D eigenvalue weighted by Crippen LogP contribution is -2.32. The van der Waals surface area contributed by atoms with Crippen LogP contribution in [0.4, 0.5) is 0 Å². The molecule has 0 aromatic carbocycles. The zero-order valence-corrected chi connectivity index (χ0v) is 13.0. The fraction of sp³-hybridized carbons (Fsp3) is 0.727. The van der Waals surface area contributed by atoms with E-state index in [0.717, 1.165) is 0 Å². The minimum Gasteiger partial charge on any atom is -0.476 e. The van der Waals surface area contributed by atoms with Crippen molar-refractivity contribution in [2.24, 2.45) is 0 Å². The van der Waals surface area contributed by atoms with Gasteiger partial charge in [-0.15, -0.1) is 5.10 Å². The highest BCUT2D eigenvalue weighted by Gasteiger charge is 2.13. The molecule has 120 valence electrons. The van der Waals surface area contributed by atoms with Gasteiger partial charge in [0.1, 0.15) is 0 Å². The fourth-order valence-corrected chi connectivity index (χ4v) is 2.69. The highest BCUT2D eigenvalue weighted by Crippen LogP contribution is 1.98. The smallest absolute Gasteiger partial charge is 0.358 e. The van der Waals surface area contributed by atoms with Gasteiger partial charge < -0.3 is 10.4 Å². The van der Waals surface area contributed by atoms with Crippen LogP contribution in [0.2, 0.25) is 0 Å². The van der Waals surface area contributed by atoms with Gasteiger partial charge in [-0.3, -0.25) is 4.68 Å². The Labute approximate surface area is 124 Å². The zero-order chi connectivity index (χ0) is 15.9. The first-order chi connectivity index (χ1) is 9.84. The Morgan fingerprint density at radius 3 is 2.71 bits per heavy atom. The van der Waals surface area contributed by atoms with E-state index in [1.54, 1.807) is 6.92 Å². The van der Waals surface area contributed by atoms with Crippen LogP contribution in [0.3, 0.4) is 0 Å². The summed E-state index contributed by atoms with van der Waals surface area (Å²) in [6.45, 7) is 4.54. The molecule has 0 spiro atoms. The zero-order valence-electron chi connectivity index (χ0n) is 12.2. The molecule has 0 saturated carbocycles. The third-order valence-corrected chi connectivity index (χ3v) is 4.24. The molecule has 1 heterocycles. The Kier molecular flexibility index (Phi) is 6.72. The first kappa shape index (κ1) is 17.5. The molecule has 0 aliphatic heterocycles. The van der Waals surface area contributed by atoms with E-state index in [1.807, 2.05) is 0 Å². The standard InChI is InChI=1S/C11H21N5O4S/c1-3-16(21(2,19)20)7-4-5-12-6-8-15-9-10(11(17)18)13-14-15/h9,12H,3-8H2,1-2H3,(H,17,18). The Balaban J connectivity index is 2.18. The average Bonchev–Trinajstić information content (AvgIpc) is 2.85. The van der Waals surface area contributed by atoms with E-state index >= 15 is 0 Å². The first-order valence-electron chi connectivity index (χ1n) is 6.64. The Hall–Kier alpha value is -1.52. The molecule has 21 heavy (non-hydrogen) atoms. The largest absolute Gasteiger partial charge is 0.476 e. The molecule has 9 nitrogen and oxygen atoms in total. The van der Waals surface area contributed by atoms with Crippen molar-refractivity contribution < 1.29 is 18.3 Å². The third-order valence-electron chi connectivity index (χ3n) is 2.86. The highest BCUT2D eigenvalue weighted by atomic mass is 32.2. The summed E-state index contributed by atoms with van der Waals surface area (Å²) in [6, 6.07) is 0. The monoisotopic (exact) mass is 319 g/mol. The van der Waals surface area contributed by atoms with E-state index in [2.05, 4.69) is 15.6 Å². The molecule has 2 N–H and O–H groups in total. The number of aromatic nitrogens is 3. The van der Waals surface area contributed by atoms with Crippen LogP contribution in [-0.4, -0.2) is 71.2 Å². The molecule has 0 amide bonds. The number of carboxylic acid groups (broad SMARTS) is 1. The van der Waals surface area contributed by atoms with Gasteiger partial charge in [0.15, 0.2) is 5.69 Å². The van der Waals surface area contributed by atoms with Crippen molar-refractivity contribution in [3.05, 3.63) is 11.9 Å². The van der Waals surface area contributed by atoms with Gasteiger partial charge >= 0.3 is 5.97 Å². The minimum absolute atomic E-state index is 0.0817. The number of hydrogen-bond donors (Lipinski definition) is 2. The maximum absolute atomic E-state index is 11.4. The number of nitrogens with zero attached hydrogens (tertiary/aromatic N) is 4. The number of carboxylic acids is 1. The molecule has 10 heteroatoms. The van der Waals surface area contributed by atoms with Crippen LogP contribution in [0.15, 0.2) is 6.20 Å². The SMILES string of the molecule is CCN(CCCNCCn1cc(C(=O)O)nn1)S(C)(=O)=O. The summed E-state index contributed by atoms with van der Waals surface area (Å²) in [5.74, 6) is -1.10. The molecule has 0 bridgehead atoms. The summed E-state index contributed by atoms with van der Waals surface area (Å²) in [6.07, 6.45) is 3.28. The number of hydrogen-bond acceptors (Lipinski definition) is 6. The van der Waals surface area contributed by atoms with Crippen molar-refractivity contribution >= 4 is 16.0 Å². The van der Waals surface area contributed by atoms with E-state index in [0.29, 0.717) is 39.1 Å². The molecule has 0 aliphatic carbocycles. The normalized spacial score (nSPS) is 12.0. The van der Waals surface area contributed by atoms with Crippen molar-refractivity contribution in [1.82, 2.24) is 24.6 Å². The van der Waals surface area contributed by atoms with E-state index < -0.39 is 16.0 Å². The van der Waals surface area contributed by atoms with E-state index in [1.165, 1.54) is 21.4 Å². The number of rotatable bonds is 10. The van der Waals surface area contributed by atoms with Crippen molar-refractivity contribution in [3.8, 4) is 0 Å². The van der Waals surface area contributed by atoms with Crippen LogP contribution < -0.4 is 5.32 Å². The molecule has 1 aromatic rings. The second-order valence-electron chi connectivity index (χ2n) is 4.53. The molecular weight excluding hydrogens is 298 g/mol. The van der Waals surface area contributed by atoms with Crippen LogP contribution >= 0.6 is 0 Å². The molecule has 0 saturated heterocycles. The summed E-state index contributed by atoms with van der Waals surface area (Å²) in [4.78, 5) is 10.6. The predicted molar refractivity (Wildman–Crippen MR) is 76.6 cm³/mol. The Morgan fingerprint density at radius 2 is 2.19 bits per heavy atom. The number of nitrogens with one attached hydrogen (secondary N) is 1. The summed E-state index contributed by atoms with van der Waals surface area (Å²) in [5, 5.41) is 19.0. The summed E-state index contributed by atoms with van der Waals surface area (Å²) in [7, 11) is -3.13. The summed E-state index contributed by atoms with van der Waals surface area (Å²) < 4.78 is 25.6. The van der Waals surface area contributed by atoms with E-state index in [9.17, 15) is 13.2 Å². The molecule has 0 aliphatic rings. The second kappa shape index (κ2) is 8.05. The molecule has 0 unspecified atom stereocenters. The summed E-state index contributed by atoms with van der Waals surface area (Å²) >= 11 is 0. The molecule has 0 atom stereocenters. The van der Waals surface area contributed by atoms with Gasteiger partial charge in [0.25, 0.3) is 0 Å². The maximum Gasteiger partial charge on any atom is 0.358 e. The lowest BCUT2D eigenvalue weighted by atomic mass is 10.4. The van der Waals surface area contributed by atoms with Gasteiger partial charge in [-0.05, 0) is 13.0 Å². The topological polar surface area (TPSA) is 117 Å². The van der Waals surface area contributed by atoms with E-state index in [-0.39, 0.29) is 5.69 Å². The molecule has 1 rings (SSSR count). The van der Waals surface area contributed by atoms with Gasteiger partial charge in [0.2, 0.25) is 10.0 Å². The van der Waals surface area contributed by atoms with Crippen molar-refractivity contribution in [1.29, 1.82) is 0 Å². The predicted octanol–water partition coefficient (Wildman–Crippen LogP) is -0.762. The van der Waals surface area contributed by atoms with Gasteiger partial charge in [-0.2, -0.15) is 0 Å². The van der Waals surface area contributed by atoms with Gasteiger partial charge in [-0.25, -0.2) is 17.5 Å². The first-order valence-corrected chi connectivity index (χ1v) is 8.48. The number of aromatic carboxylic acids is 1. The van der Waals surface area contributed by atoms with Gasteiger partial charge in [-0.1, -0.05) is 12.1 Å². The third kappa shape index (κ3) is 6.19. The minimum atomic E-state index is -3.13. The quantitative estimate of drug-likeness (QED) is 0.544. The van der Waals surface area contributed by atoms with Crippen LogP contribution in [0, 0.1) is 0 Å². The number of sulfonamides is 1. The van der Waals surface area contributed by atoms with Crippen LogP contribution in [0.25, 0.3) is 0 Å². The Bertz CT molecular complexity index is 557. The maximum atomic E-state index is 11.4. The summed E-state index contributed by atoms with van der Waals surface area (Å²) in [5.41, 5.74) is -0.0817. The van der Waals surface area contributed by atoms with Gasteiger partial charge in [0, 0.05) is 19.6 Å². The second-order valence-corrected chi connectivity index (χ2v) is 6.51. The number of carbonyl (C=O) groups is 1.